The molecule has 1 aliphatic rings. The standard InChI is InChI=1S/C20H22ClN3O5S/c1-14-5-6-16(30(27,28)24-9-3-2-4-10-24)12-17(14)23-19(25)13-29-20(26)15-7-8-22-18(21)11-15/h5-8,11-12H,2-4,9-10,13H2,1H3,(H,23,25). The van der Waals surface area contributed by atoms with E-state index in [1.165, 1.54) is 34.8 Å². The fourth-order valence-corrected chi connectivity index (χ4v) is 4.80. The van der Waals surface area contributed by atoms with E-state index in [2.05, 4.69) is 10.3 Å². The number of nitrogens with one attached hydrogen (secondary N) is 1. The maximum absolute atomic E-state index is 12.9. The molecule has 160 valence electrons. The summed E-state index contributed by atoms with van der Waals surface area (Å²) in [5.41, 5.74) is 1.21. The van der Waals surface area contributed by atoms with Gasteiger partial charge in [-0.3, -0.25) is 4.79 Å². The van der Waals surface area contributed by atoms with Crippen LogP contribution in [0.1, 0.15) is 35.2 Å². The summed E-state index contributed by atoms with van der Waals surface area (Å²) in [6.45, 7) is 2.21. The van der Waals surface area contributed by atoms with E-state index in [-0.39, 0.29) is 15.6 Å². The third-order valence-electron chi connectivity index (χ3n) is 4.73. The molecule has 8 nitrogen and oxygen atoms in total. The SMILES string of the molecule is Cc1ccc(S(=O)(=O)N2CCCCC2)cc1NC(=O)COC(=O)c1ccnc(Cl)c1. The van der Waals surface area contributed by atoms with Crippen LogP contribution in [-0.4, -0.2) is 49.3 Å². The van der Waals surface area contributed by atoms with Gasteiger partial charge in [0.05, 0.1) is 10.5 Å². The van der Waals surface area contributed by atoms with Crippen molar-refractivity contribution in [2.24, 2.45) is 0 Å². The number of pyridine rings is 1. The highest BCUT2D eigenvalue weighted by molar-refractivity contribution is 7.89. The van der Waals surface area contributed by atoms with Gasteiger partial charge in [0.1, 0.15) is 5.15 Å². The van der Waals surface area contributed by atoms with Gasteiger partial charge in [0.2, 0.25) is 10.0 Å². The molecular formula is C20H22ClN3O5S. The normalized spacial score (nSPS) is 14.9. The van der Waals surface area contributed by atoms with Crippen LogP contribution in [0, 0.1) is 6.92 Å². The molecule has 0 spiro atoms. The fourth-order valence-electron chi connectivity index (χ4n) is 3.08. The molecule has 1 aromatic carbocycles. The number of ether oxygens (including phenoxy) is 1. The summed E-state index contributed by atoms with van der Waals surface area (Å²) in [5, 5.41) is 2.74. The fraction of sp³-hybridized carbons (Fsp3) is 0.350. The highest BCUT2D eigenvalue weighted by atomic mass is 35.5. The lowest BCUT2D eigenvalue weighted by Crippen LogP contribution is -2.35. The number of amides is 1. The molecule has 0 radical (unpaired) electrons. The number of esters is 1. The number of aryl methyl sites for hydroxylation is 1. The van der Waals surface area contributed by atoms with Gasteiger partial charge in [-0.25, -0.2) is 18.2 Å². The predicted molar refractivity (Wildman–Crippen MR) is 112 cm³/mol. The molecule has 1 aliphatic heterocycles. The Balaban J connectivity index is 1.66. The molecule has 2 heterocycles. The first-order valence-electron chi connectivity index (χ1n) is 9.47. The number of carbonyl (C=O) groups excluding carboxylic acids is 2. The second-order valence-corrected chi connectivity index (χ2v) is 9.26. The second-order valence-electron chi connectivity index (χ2n) is 6.93. The largest absolute Gasteiger partial charge is 0.452 e. The second kappa shape index (κ2) is 9.55. The van der Waals surface area contributed by atoms with Crippen LogP contribution in [-0.2, 0) is 19.6 Å². The Kier molecular flexibility index (Phi) is 7.06. The van der Waals surface area contributed by atoms with E-state index in [4.69, 9.17) is 16.3 Å². The Morgan fingerprint density at radius 3 is 2.60 bits per heavy atom. The smallest absolute Gasteiger partial charge is 0.338 e. The van der Waals surface area contributed by atoms with Crippen LogP contribution in [0.25, 0.3) is 0 Å². The van der Waals surface area contributed by atoms with Gasteiger partial charge < -0.3 is 10.1 Å². The Morgan fingerprint density at radius 2 is 1.90 bits per heavy atom. The van der Waals surface area contributed by atoms with Crippen molar-refractivity contribution in [1.82, 2.24) is 9.29 Å². The molecule has 1 saturated heterocycles. The minimum Gasteiger partial charge on any atom is -0.452 e. The van der Waals surface area contributed by atoms with Gasteiger partial charge in [-0.05, 0) is 49.6 Å². The molecule has 0 bridgehead atoms. The van der Waals surface area contributed by atoms with Crippen molar-refractivity contribution < 1.29 is 22.7 Å². The van der Waals surface area contributed by atoms with Crippen LogP contribution < -0.4 is 5.32 Å². The van der Waals surface area contributed by atoms with Gasteiger partial charge in [0.25, 0.3) is 5.91 Å². The number of rotatable bonds is 6. The van der Waals surface area contributed by atoms with Crippen molar-refractivity contribution in [3.05, 3.63) is 52.8 Å². The summed E-state index contributed by atoms with van der Waals surface area (Å²) in [5.74, 6) is -1.30. The molecule has 2 aromatic rings. The molecular weight excluding hydrogens is 430 g/mol. The van der Waals surface area contributed by atoms with Gasteiger partial charge in [-0.2, -0.15) is 4.31 Å². The predicted octanol–water partition coefficient (Wildman–Crippen LogP) is 3.01. The lowest BCUT2D eigenvalue weighted by Gasteiger charge is -2.26. The molecule has 1 N–H and O–H groups in total. The monoisotopic (exact) mass is 451 g/mol. The number of halogens is 1. The van der Waals surface area contributed by atoms with E-state index in [0.717, 1.165) is 19.3 Å². The first-order valence-corrected chi connectivity index (χ1v) is 11.3. The zero-order valence-electron chi connectivity index (χ0n) is 16.4. The number of benzene rings is 1. The van der Waals surface area contributed by atoms with Crippen molar-refractivity contribution in [2.45, 2.75) is 31.1 Å². The minimum absolute atomic E-state index is 0.119. The lowest BCUT2D eigenvalue weighted by molar-refractivity contribution is -0.119. The van der Waals surface area contributed by atoms with E-state index >= 15 is 0 Å². The third kappa shape index (κ3) is 5.35. The van der Waals surface area contributed by atoms with Crippen molar-refractivity contribution in [3.8, 4) is 0 Å². The summed E-state index contributed by atoms with van der Waals surface area (Å²) in [4.78, 5) is 28.1. The summed E-state index contributed by atoms with van der Waals surface area (Å²) < 4.78 is 32.2. The average molecular weight is 452 g/mol. The van der Waals surface area contributed by atoms with Crippen LogP contribution >= 0.6 is 11.6 Å². The van der Waals surface area contributed by atoms with Gasteiger partial charge in [0.15, 0.2) is 6.61 Å². The number of piperidine rings is 1. The lowest BCUT2D eigenvalue weighted by atomic mass is 10.2. The molecule has 0 aliphatic carbocycles. The summed E-state index contributed by atoms with van der Waals surface area (Å²) in [7, 11) is -3.62. The highest BCUT2D eigenvalue weighted by Gasteiger charge is 2.26. The van der Waals surface area contributed by atoms with E-state index in [9.17, 15) is 18.0 Å². The Labute approximate surface area is 180 Å². The van der Waals surface area contributed by atoms with E-state index in [1.807, 2.05) is 0 Å². The molecule has 10 heteroatoms. The maximum atomic E-state index is 12.9. The Morgan fingerprint density at radius 1 is 1.17 bits per heavy atom. The number of sulfonamides is 1. The van der Waals surface area contributed by atoms with Crippen molar-refractivity contribution in [1.29, 1.82) is 0 Å². The van der Waals surface area contributed by atoms with Crippen molar-refractivity contribution in [3.63, 3.8) is 0 Å². The average Bonchev–Trinajstić information content (AvgIpc) is 2.74. The molecule has 1 amide bonds. The van der Waals surface area contributed by atoms with Crippen LogP contribution in [0.5, 0.6) is 0 Å². The highest BCUT2D eigenvalue weighted by Crippen LogP contribution is 2.25. The van der Waals surface area contributed by atoms with E-state index < -0.39 is 28.5 Å². The summed E-state index contributed by atoms with van der Waals surface area (Å²) >= 11 is 5.73. The van der Waals surface area contributed by atoms with Gasteiger partial charge in [-0.1, -0.05) is 24.1 Å². The number of carbonyl (C=O) groups is 2. The molecule has 0 saturated carbocycles. The number of nitrogens with zero attached hydrogens (tertiary/aromatic N) is 2. The van der Waals surface area contributed by atoms with Gasteiger partial charge in [0, 0.05) is 25.0 Å². The number of aromatic nitrogens is 1. The van der Waals surface area contributed by atoms with Gasteiger partial charge >= 0.3 is 5.97 Å². The zero-order valence-corrected chi connectivity index (χ0v) is 18.0. The van der Waals surface area contributed by atoms with Crippen molar-refractivity contribution in [2.75, 3.05) is 25.0 Å². The molecule has 1 aromatic heterocycles. The van der Waals surface area contributed by atoms with Crippen LogP contribution in [0.15, 0.2) is 41.4 Å². The number of hydrogen-bond acceptors (Lipinski definition) is 6. The van der Waals surface area contributed by atoms with Crippen LogP contribution in [0.4, 0.5) is 5.69 Å². The van der Waals surface area contributed by atoms with Crippen LogP contribution in [0.3, 0.4) is 0 Å². The number of anilines is 1. The molecule has 3 rings (SSSR count). The minimum atomic E-state index is -3.62. The first-order chi connectivity index (χ1) is 14.3. The van der Waals surface area contributed by atoms with Crippen molar-refractivity contribution >= 4 is 39.2 Å². The number of hydrogen-bond donors (Lipinski definition) is 1. The molecule has 30 heavy (non-hydrogen) atoms. The summed E-state index contributed by atoms with van der Waals surface area (Å²) in [6.07, 6.45) is 4.05. The van der Waals surface area contributed by atoms with Gasteiger partial charge in [-0.15, -0.1) is 0 Å². The molecule has 1 fully saturated rings. The van der Waals surface area contributed by atoms with E-state index in [0.29, 0.717) is 24.3 Å². The topological polar surface area (TPSA) is 106 Å². The first kappa shape index (κ1) is 22.2. The Bertz CT molecular complexity index is 1050. The summed E-state index contributed by atoms with van der Waals surface area (Å²) in [6, 6.07) is 7.35. The Hall–Kier alpha value is -2.49. The molecule has 0 unspecified atom stereocenters. The third-order valence-corrected chi connectivity index (χ3v) is 6.83. The quantitative estimate of drug-likeness (QED) is 0.534. The van der Waals surface area contributed by atoms with Crippen LogP contribution in [0.2, 0.25) is 5.15 Å². The zero-order chi connectivity index (χ0) is 21.7. The maximum Gasteiger partial charge on any atom is 0.338 e. The molecule has 0 atom stereocenters. The van der Waals surface area contributed by atoms with E-state index in [1.54, 1.807) is 13.0 Å².